The molecule has 2 amide bonds. The van der Waals surface area contributed by atoms with Crippen LogP contribution in [0.3, 0.4) is 0 Å². The Hall–Kier alpha value is -1.26. The first-order chi connectivity index (χ1) is 9.45. The Balaban J connectivity index is 2.52. The van der Waals surface area contributed by atoms with Gasteiger partial charge in [0.05, 0.1) is 0 Å². The van der Waals surface area contributed by atoms with Crippen LogP contribution in [0.5, 0.6) is 0 Å². The lowest BCUT2D eigenvalue weighted by Gasteiger charge is -2.24. The van der Waals surface area contributed by atoms with Crippen LogP contribution in [0.2, 0.25) is 0 Å². The van der Waals surface area contributed by atoms with Crippen molar-refractivity contribution >= 4 is 12.0 Å². The number of carbonyl (C=O) groups excluding carboxylic acids is 1. The highest BCUT2D eigenvalue weighted by Gasteiger charge is 2.25. The van der Waals surface area contributed by atoms with Crippen LogP contribution in [0.25, 0.3) is 0 Å². The summed E-state index contributed by atoms with van der Waals surface area (Å²) in [6.45, 7) is 7.83. The molecule has 2 N–H and O–H groups in total. The minimum Gasteiger partial charge on any atom is -0.480 e. The smallest absolute Gasteiger partial charge is 0.326 e. The summed E-state index contributed by atoms with van der Waals surface area (Å²) in [5.41, 5.74) is 0. The molecule has 0 saturated carbocycles. The van der Waals surface area contributed by atoms with E-state index in [1.807, 2.05) is 6.92 Å². The van der Waals surface area contributed by atoms with E-state index in [9.17, 15) is 9.59 Å². The second kappa shape index (κ2) is 8.12. The third kappa shape index (κ3) is 5.02. The van der Waals surface area contributed by atoms with Crippen molar-refractivity contribution in [3.63, 3.8) is 0 Å². The summed E-state index contributed by atoms with van der Waals surface area (Å²) in [6.07, 6.45) is 4.38. The van der Waals surface area contributed by atoms with Gasteiger partial charge in [0, 0.05) is 13.1 Å². The summed E-state index contributed by atoms with van der Waals surface area (Å²) in [5.74, 6) is 0.360. The molecule has 0 aromatic rings. The van der Waals surface area contributed by atoms with E-state index < -0.39 is 12.0 Å². The van der Waals surface area contributed by atoms with Gasteiger partial charge in [-0.3, -0.25) is 0 Å². The quantitative estimate of drug-likeness (QED) is 0.815. The number of rotatable bonds is 5. The van der Waals surface area contributed by atoms with Gasteiger partial charge in [0.15, 0.2) is 0 Å². The molecular formula is C15H28N2O3. The fraction of sp³-hybridized carbons (Fsp3) is 0.867. The second-order valence-corrected chi connectivity index (χ2v) is 6.05. The van der Waals surface area contributed by atoms with Gasteiger partial charge in [0.25, 0.3) is 0 Å². The zero-order chi connectivity index (χ0) is 15.1. The molecule has 20 heavy (non-hydrogen) atoms. The molecule has 1 aliphatic rings. The molecule has 1 fully saturated rings. The van der Waals surface area contributed by atoms with Gasteiger partial charge in [-0.1, -0.05) is 27.2 Å². The van der Waals surface area contributed by atoms with Gasteiger partial charge in [-0.2, -0.15) is 0 Å². The number of amides is 2. The van der Waals surface area contributed by atoms with Gasteiger partial charge in [0.1, 0.15) is 6.04 Å². The second-order valence-electron chi connectivity index (χ2n) is 6.05. The van der Waals surface area contributed by atoms with E-state index in [1.165, 1.54) is 0 Å². The molecule has 1 saturated heterocycles. The Kier molecular flexibility index (Phi) is 6.82. The van der Waals surface area contributed by atoms with E-state index in [0.29, 0.717) is 18.3 Å². The highest BCUT2D eigenvalue weighted by molar-refractivity contribution is 5.82. The van der Waals surface area contributed by atoms with Crippen LogP contribution in [0, 0.1) is 11.8 Å². The van der Waals surface area contributed by atoms with Gasteiger partial charge in [-0.25, -0.2) is 9.59 Å². The monoisotopic (exact) mass is 284 g/mol. The highest BCUT2D eigenvalue weighted by Crippen LogP contribution is 2.24. The molecule has 1 aliphatic heterocycles. The van der Waals surface area contributed by atoms with Gasteiger partial charge in [-0.05, 0) is 37.5 Å². The summed E-state index contributed by atoms with van der Waals surface area (Å²) in [4.78, 5) is 25.0. The third-order valence-corrected chi connectivity index (χ3v) is 4.18. The topological polar surface area (TPSA) is 69.6 Å². The average molecular weight is 284 g/mol. The third-order valence-electron chi connectivity index (χ3n) is 4.18. The molecule has 5 nitrogen and oxygen atoms in total. The van der Waals surface area contributed by atoms with E-state index in [1.54, 1.807) is 4.90 Å². The number of carboxylic acids is 1. The van der Waals surface area contributed by atoms with Crippen molar-refractivity contribution < 1.29 is 14.7 Å². The van der Waals surface area contributed by atoms with E-state index in [4.69, 9.17) is 5.11 Å². The fourth-order valence-electron chi connectivity index (χ4n) is 2.78. The van der Waals surface area contributed by atoms with Crippen molar-refractivity contribution in [2.75, 3.05) is 13.1 Å². The summed E-state index contributed by atoms with van der Waals surface area (Å²) in [7, 11) is 0. The van der Waals surface area contributed by atoms with Crippen molar-refractivity contribution in [3.8, 4) is 0 Å². The van der Waals surface area contributed by atoms with E-state index in [2.05, 4.69) is 19.2 Å². The highest BCUT2D eigenvalue weighted by atomic mass is 16.4. The Morgan fingerprint density at radius 3 is 2.55 bits per heavy atom. The van der Waals surface area contributed by atoms with Crippen LogP contribution in [-0.4, -0.2) is 41.1 Å². The van der Waals surface area contributed by atoms with Crippen molar-refractivity contribution in [2.45, 2.75) is 58.9 Å². The number of carbonyl (C=O) groups is 2. The molecule has 116 valence electrons. The predicted molar refractivity (Wildman–Crippen MR) is 78.6 cm³/mol. The molecule has 5 heteroatoms. The number of likely N-dealkylation sites (tertiary alicyclic amines) is 1. The van der Waals surface area contributed by atoms with Gasteiger partial charge in [0.2, 0.25) is 0 Å². The van der Waals surface area contributed by atoms with Gasteiger partial charge in [-0.15, -0.1) is 0 Å². The zero-order valence-electron chi connectivity index (χ0n) is 12.9. The summed E-state index contributed by atoms with van der Waals surface area (Å²) in [5, 5.41) is 11.7. The van der Waals surface area contributed by atoms with Crippen LogP contribution in [0.4, 0.5) is 4.79 Å². The zero-order valence-corrected chi connectivity index (χ0v) is 12.9. The van der Waals surface area contributed by atoms with Crippen molar-refractivity contribution in [1.29, 1.82) is 0 Å². The molecule has 1 unspecified atom stereocenters. The molecular weight excluding hydrogens is 256 g/mol. The van der Waals surface area contributed by atoms with Crippen LogP contribution < -0.4 is 5.32 Å². The number of hydrogen-bond acceptors (Lipinski definition) is 2. The maximum absolute atomic E-state index is 12.2. The summed E-state index contributed by atoms with van der Waals surface area (Å²) < 4.78 is 0. The molecule has 1 rings (SSSR count). The minimum absolute atomic E-state index is 0.227. The molecule has 0 spiro atoms. The average Bonchev–Trinajstić information content (AvgIpc) is 2.63. The molecule has 0 aromatic carbocycles. The maximum atomic E-state index is 12.2. The van der Waals surface area contributed by atoms with E-state index >= 15 is 0 Å². The first-order valence-electron chi connectivity index (χ1n) is 7.74. The SMILES string of the molecule is CCC[C@@H](NC(=O)N1CCCC(C(C)C)CC1)C(=O)O. The van der Waals surface area contributed by atoms with Gasteiger partial charge >= 0.3 is 12.0 Å². The molecule has 0 radical (unpaired) electrons. The number of urea groups is 1. The first kappa shape index (κ1) is 16.8. The lowest BCUT2D eigenvalue weighted by molar-refractivity contribution is -0.139. The van der Waals surface area contributed by atoms with Crippen molar-refractivity contribution in [3.05, 3.63) is 0 Å². The fourth-order valence-corrected chi connectivity index (χ4v) is 2.78. The molecule has 0 aliphatic carbocycles. The van der Waals surface area contributed by atoms with E-state index in [0.717, 1.165) is 38.8 Å². The van der Waals surface area contributed by atoms with Crippen LogP contribution >= 0.6 is 0 Å². The number of nitrogens with zero attached hydrogens (tertiary/aromatic N) is 1. The summed E-state index contributed by atoms with van der Waals surface area (Å²) in [6, 6.07) is -0.994. The molecule has 0 aromatic heterocycles. The summed E-state index contributed by atoms with van der Waals surface area (Å²) >= 11 is 0. The number of aliphatic carboxylic acids is 1. The van der Waals surface area contributed by atoms with Crippen molar-refractivity contribution in [2.24, 2.45) is 11.8 Å². The Labute approximate surface area is 121 Å². The normalized spacial score (nSPS) is 21.4. The Bertz CT molecular complexity index is 331. The molecule has 1 heterocycles. The van der Waals surface area contributed by atoms with Crippen molar-refractivity contribution in [1.82, 2.24) is 10.2 Å². The van der Waals surface area contributed by atoms with Crippen LogP contribution in [0.15, 0.2) is 0 Å². The minimum atomic E-state index is -0.949. The molecule has 2 atom stereocenters. The Morgan fingerprint density at radius 1 is 1.30 bits per heavy atom. The van der Waals surface area contributed by atoms with Crippen LogP contribution in [-0.2, 0) is 4.79 Å². The Morgan fingerprint density at radius 2 is 2.00 bits per heavy atom. The number of hydrogen-bond donors (Lipinski definition) is 2. The van der Waals surface area contributed by atoms with Crippen LogP contribution in [0.1, 0.15) is 52.9 Å². The number of nitrogens with one attached hydrogen (secondary N) is 1. The predicted octanol–water partition coefficient (Wildman–Crippen LogP) is 2.71. The largest absolute Gasteiger partial charge is 0.480 e. The molecule has 0 bridgehead atoms. The first-order valence-corrected chi connectivity index (χ1v) is 7.74. The number of carboxylic acid groups (broad SMARTS) is 1. The lowest BCUT2D eigenvalue weighted by Crippen LogP contribution is -2.48. The standard InChI is InChI=1S/C15H28N2O3/c1-4-6-13(14(18)19)16-15(20)17-9-5-7-12(8-10-17)11(2)3/h11-13H,4-10H2,1-3H3,(H,16,20)(H,18,19)/t12?,13-/m1/s1. The lowest BCUT2D eigenvalue weighted by atomic mass is 9.89. The maximum Gasteiger partial charge on any atom is 0.326 e. The van der Waals surface area contributed by atoms with Gasteiger partial charge < -0.3 is 15.3 Å². The van der Waals surface area contributed by atoms with E-state index in [-0.39, 0.29) is 6.03 Å².